The quantitative estimate of drug-likeness (QED) is 0.836. The Morgan fingerprint density at radius 1 is 1.35 bits per heavy atom. The van der Waals surface area contributed by atoms with Crippen molar-refractivity contribution in [2.24, 2.45) is 0 Å². The molecule has 0 unspecified atom stereocenters. The predicted octanol–water partition coefficient (Wildman–Crippen LogP) is 3.48. The van der Waals surface area contributed by atoms with Crippen LogP contribution in [0.3, 0.4) is 0 Å². The Morgan fingerprint density at radius 2 is 2.13 bits per heavy atom. The fraction of sp³-hybridized carbons (Fsp3) is 0.250. The minimum Gasteiger partial charge on any atom is -0.495 e. The zero-order valence-electron chi connectivity index (χ0n) is 12.8. The number of benzene rings is 1. The zero-order valence-corrected chi connectivity index (χ0v) is 14.4. The summed E-state index contributed by atoms with van der Waals surface area (Å²) in [5.41, 5.74) is 2.00. The van der Waals surface area contributed by atoms with E-state index in [2.05, 4.69) is 10.6 Å². The van der Waals surface area contributed by atoms with Gasteiger partial charge in [0.15, 0.2) is 0 Å². The number of rotatable bonds is 6. The van der Waals surface area contributed by atoms with E-state index in [1.807, 2.05) is 12.3 Å². The first-order valence-electron chi connectivity index (χ1n) is 6.95. The molecule has 0 spiro atoms. The van der Waals surface area contributed by atoms with Gasteiger partial charge < -0.3 is 15.4 Å². The second kappa shape index (κ2) is 7.99. The number of halogens is 1. The van der Waals surface area contributed by atoms with E-state index >= 15 is 0 Å². The molecule has 122 valence electrons. The number of amides is 2. The molecule has 1 aromatic heterocycles. The fourth-order valence-electron chi connectivity index (χ4n) is 1.93. The van der Waals surface area contributed by atoms with E-state index in [9.17, 15) is 9.59 Å². The molecule has 0 aliphatic carbocycles. The molecule has 0 atom stereocenters. The van der Waals surface area contributed by atoms with Crippen molar-refractivity contribution in [3.05, 3.63) is 45.1 Å². The van der Waals surface area contributed by atoms with Crippen LogP contribution in [0.1, 0.15) is 22.3 Å². The molecule has 0 radical (unpaired) electrons. The van der Waals surface area contributed by atoms with Gasteiger partial charge in [-0.2, -0.15) is 11.3 Å². The average Bonchev–Trinajstić information content (AvgIpc) is 3.05. The second-order valence-electron chi connectivity index (χ2n) is 4.87. The van der Waals surface area contributed by atoms with E-state index in [4.69, 9.17) is 16.3 Å². The van der Waals surface area contributed by atoms with E-state index < -0.39 is 0 Å². The lowest BCUT2D eigenvalue weighted by atomic mass is 10.2. The van der Waals surface area contributed by atoms with Gasteiger partial charge in [-0.25, -0.2) is 0 Å². The van der Waals surface area contributed by atoms with Gasteiger partial charge in [0.2, 0.25) is 5.91 Å². The lowest BCUT2D eigenvalue weighted by molar-refractivity contribution is -0.116. The third kappa shape index (κ3) is 4.71. The van der Waals surface area contributed by atoms with Crippen LogP contribution in [0.25, 0.3) is 0 Å². The topological polar surface area (TPSA) is 67.4 Å². The van der Waals surface area contributed by atoms with Crippen molar-refractivity contribution in [3.63, 3.8) is 0 Å². The predicted molar refractivity (Wildman–Crippen MR) is 92.6 cm³/mol. The standard InChI is InChI=1S/C16H17ClN2O3S/c1-10-7-13(14(22-2)8-12(10)17)19-15(20)3-5-18-16(21)11-4-6-23-9-11/h4,6-9H,3,5H2,1-2H3,(H,18,21)(H,19,20). The normalized spacial score (nSPS) is 10.2. The summed E-state index contributed by atoms with van der Waals surface area (Å²) in [5, 5.41) is 9.63. The molecule has 2 N–H and O–H groups in total. The van der Waals surface area contributed by atoms with Crippen LogP contribution < -0.4 is 15.4 Å². The largest absolute Gasteiger partial charge is 0.495 e. The van der Waals surface area contributed by atoms with Gasteiger partial charge in [0.25, 0.3) is 5.91 Å². The molecule has 7 heteroatoms. The Kier molecular flexibility index (Phi) is 6.01. The van der Waals surface area contributed by atoms with Crippen LogP contribution in [0.5, 0.6) is 5.75 Å². The van der Waals surface area contributed by atoms with Crippen molar-refractivity contribution in [2.75, 3.05) is 19.0 Å². The van der Waals surface area contributed by atoms with Gasteiger partial charge >= 0.3 is 0 Å². The smallest absolute Gasteiger partial charge is 0.252 e. The molecule has 23 heavy (non-hydrogen) atoms. The minimum atomic E-state index is -0.212. The Morgan fingerprint density at radius 3 is 2.78 bits per heavy atom. The van der Waals surface area contributed by atoms with Gasteiger partial charge in [0, 0.05) is 35.0 Å². The number of hydrogen-bond donors (Lipinski definition) is 2. The number of anilines is 1. The molecule has 0 aliphatic heterocycles. The second-order valence-corrected chi connectivity index (χ2v) is 6.06. The Labute approximate surface area is 143 Å². The first kappa shape index (κ1) is 17.3. The van der Waals surface area contributed by atoms with Crippen molar-refractivity contribution < 1.29 is 14.3 Å². The van der Waals surface area contributed by atoms with Crippen molar-refractivity contribution in [1.29, 1.82) is 0 Å². The highest BCUT2D eigenvalue weighted by atomic mass is 35.5. The number of thiophene rings is 1. The van der Waals surface area contributed by atoms with Crippen molar-refractivity contribution in [1.82, 2.24) is 5.32 Å². The molecule has 0 fully saturated rings. The molecule has 1 heterocycles. The number of carbonyl (C=O) groups is 2. The highest BCUT2D eigenvalue weighted by Crippen LogP contribution is 2.30. The van der Waals surface area contributed by atoms with Gasteiger partial charge in [0.1, 0.15) is 5.75 Å². The molecule has 0 aliphatic rings. The fourth-order valence-corrected chi connectivity index (χ4v) is 2.72. The summed E-state index contributed by atoms with van der Waals surface area (Å²) in [6.07, 6.45) is 0.167. The maximum Gasteiger partial charge on any atom is 0.252 e. The Hall–Kier alpha value is -2.05. The molecule has 2 rings (SSSR count). The molecule has 0 bridgehead atoms. The number of ether oxygens (including phenoxy) is 1. The number of nitrogens with one attached hydrogen (secondary N) is 2. The molecule has 0 saturated heterocycles. The summed E-state index contributed by atoms with van der Waals surface area (Å²) in [6.45, 7) is 2.11. The molecular formula is C16H17ClN2O3S. The third-order valence-corrected chi connectivity index (χ3v) is 4.27. The van der Waals surface area contributed by atoms with Gasteiger partial charge in [0.05, 0.1) is 12.8 Å². The van der Waals surface area contributed by atoms with Crippen LogP contribution in [0.2, 0.25) is 5.02 Å². The number of methoxy groups -OCH3 is 1. The van der Waals surface area contributed by atoms with Gasteiger partial charge in [-0.1, -0.05) is 11.6 Å². The number of carbonyl (C=O) groups excluding carboxylic acids is 2. The van der Waals surface area contributed by atoms with Crippen LogP contribution in [0.15, 0.2) is 29.0 Å². The van der Waals surface area contributed by atoms with Crippen LogP contribution in [-0.2, 0) is 4.79 Å². The lowest BCUT2D eigenvalue weighted by Gasteiger charge is -2.12. The summed E-state index contributed by atoms with van der Waals surface area (Å²) >= 11 is 7.48. The summed E-state index contributed by atoms with van der Waals surface area (Å²) < 4.78 is 5.21. The molecule has 1 aromatic carbocycles. The van der Waals surface area contributed by atoms with Gasteiger partial charge in [-0.15, -0.1) is 0 Å². The number of hydrogen-bond acceptors (Lipinski definition) is 4. The summed E-state index contributed by atoms with van der Waals surface area (Å²) in [7, 11) is 1.51. The minimum absolute atomic E-state index is 0.167. The monoisotopic (exact) mass is 352 g/mol. The lowest BCUT2D eigenvalue weighted by Crippen LogP contribution is -2.27. The molecule has 0 saturated carbocycles. The van der Waals surface area contributed by atoms with E-state index in [0.717, 1.165) is 5.56 Å². The highest BCUT2D eigenvalue weighted by Gasteiger charge is 2.11. The van der Waals surface area contributed by atoms with E-state index in [1.165, 1.54) is 18.4 Å². The average molecular weight is 353 g/mol. The Balaban J connectivity index is 1.88. The zero-order chi connectivity index (χ0) is 16.8. The van der Waals surface area contributed by atoms with Gasteiger partial charge in [-0.05, 0) is 30.0 Å². The molecule has 5 nitrogen and oxygen atoms in total. The van der Waals surface area contributed by atoms with Crippen molar-refractivity contribution in [2.45, 2.75) is 13.3 Å². The SMILES string of the molecule is COc1cc(Cl)c(C)cc1NC(=O)CCNC(=O)c1ccsc1. The van der Waals surface area contributed by atoms with E-state index in [0.29, 0.717) is 22.0 Å². The third-order valence-electron chi connectivity index (χ3n) is 3.18. The van der Waals surface area contributed by atoms with Gasteiger partial charge in [-0.3, -0.25) is 9.59 Å². The maximum atomic E-state index is 12.0. The van der Waals surface area contributed by atoms with E-state index in [1.54, 1.807) is 23.6 Å². The highest BCUT2D eigenvalue weighted by molar-refractivity contribution is 7.08. The summed E-state index contributed by atoms with van der Waals surface area (Å²) in [4.78, 5) is 23.8. The van der Waals surface area contributed by atoms with Crippen molar-refractivity contribution in [3.8, 4) is 5.75 Å². The van der Waals surface area contributed by atoms with Crippen LogP contribution >= 0.6 is 22.9 Å². The Bertz CT molecular complexity index is 702. The first-order chi connectivity index (χ1) is 11.0. The molecule has 2 amide bonds. The number of aryl methyl sites for hydroxylation is 1. The summed E-state index contributed by atoms with van der Waals surface area (Å²) in [6, 6.07) is 5.15. The maximum absolute atomic E-state index is 12.0. The van der Waals surface area contributed by atoms with Crippen LogP contribution in [0.4, 0.5) is 5.69 Å². The van der Waals surface area contributed by atoms with Crippen LogP contribution in [0, 0.1) is 6.92 Å². The van der Waals surface area contributed by atoms with Crippen molar-refractivity contribution >= 4 is 40.4 Å². The van der Waals surface area contributed by atoms with E-state index in [-0.39, 0.29) is 24.8 Å². The molecular weight excluding hydrogens is 336 g/mol. The van der Waals surface area contributed by atoms with Crippen LogP contribution in [-0.4, -0.2) is 25.5 Å². The first-order valence-corrected chi connectivity index (χ1v) is 8.27. The summed E-state index contributed by atoms with van der Waals surface area (Å²) in [5.74, 6) is 0.103. The molecule has 2 aromatic rings.